The second-order valence-electron chi connectivity index (χ2n) is 1.09. The van der Waals surface area contributed by atoms with Gasteiger partial charge in [0.15, 0.2) is 6.67 Å². The normalized spacial score (nSPS) is 18.5. The zero-order valence-electron chi connectivity index (χ0n) is 3.55. The lowest BCUT2D eigenvalue weighted by molar-refractivity contribution is 1.05. The van der Waals surface area contributed by atoms with Gasteiger partial charge in [-0.1, -0.05) is 0 Å². The first-order valence-corrected chi connectivity index (χ1v) is 1.78. The second-order valence-corrected chi connectivity index (χ2v) is 1.09. The van der Waals surface area contributed by atoms with Crippen LogP contribution in [-0.2, 0) is 0 Å². The lowest BCUT2D eigenvalue weighted by Gasteiger charge is -1.67. The first-order valence-electron chi connectivity index (χ1n) is 1.78. The smallest absolute Gasteiger partial charge is 0.152 e. The van der Waals surface area contributed by atoms with Crippen LogP contribution >= 0.6 is 0 Å². The topological polar surface area (TPSA) is 37.1 Å². The lowest BCUT2D eigenvalue weighted by Crippen LogP contribution is -1.73. The Balaban J connectivity index is -0.000000000237. The molecular weight excluding hydrogens is 78.1 g/mol. The van der Waals surface area contributed by atoms with E-state index in [1.807, 2.05) is 6.92 Å². The third kappa shape index (κ3) is 0.429. The van der Waals surface area contributed by atoms with Crippen LogP contribution in [0, 0.1) is 0 Å². The van der Waals surface area contributed by atoms with Crippen molar-refractivity contribution in [2.24, 2.45) is 15.2 Å². The van der Waals surface area contributed by atoms with Crippen LogP contribution in [0.4, 0.5) is 0 Å². The number of amidine groups is 1. The summed E-state index contributed by atoms with van der Waals surface area (Å²) in [6.07, 6.45) is 0. The molecule has 0 radical (unpaired) electrons. The van der Waals surface area contributed by atoms with Crippen LogP contribution in [-0.4, -0.2) is 12.5 Å². The number of nitrogens with zero attached hydrogens (tertiary/aromatic N) is 3. The molecule has 1 aliphatic heterocycles. The van der Waals surface area contributed by atoms with Crippen molar-refractivity contribution < 1.29 is 57.1 Å². The van der Waals surface area contributed by atoms with Crippen molar-refractivity contribution in [1.82, 2.24) is 0 Å². The molecular formula is C3H85N3. The highest BCUT2D eigenvalue weighted by Crippen LogP contribution is 1.90. The fourth-order valence-corrected chi connectivity index (χ4v) is 0.300. The molecule has 6 heavy (non-hydrogen) atoms. The number of hydrogen-bond acceptors (Lipinski definition) is 3. The SMILES string of the molecule is CC1=NCN=N1.[HH].[HH].[HH].[HH].[HH].[HH].[HH].[HH].[HH].[HH].[HH].[HH].[HH].[HH].[HH].[HH].[HH].[HH].[HH].[HH].[HH].[HH].[HH].[HH].[HH].[HH].[HH].[HH].[HH].[HH].[HH].[HH].[HH].[HH].[HH].[HH].[HH].[HH].[HH].[HH]. The van der Waals surface area contributed by atoms with Gasteiger partial charge in [0, 0.05) is 57.1 Å². The van der Waals surface area contributed by atoms with Crippen molar-refractivity contribution in [3.05, 3.63) is 0 Å². The average molecular weight is 164 g/mol. The molecule has 0 amide bonds. The molecule has 0 aromatic carbocycles. The number of azo groups is 1. The van der Waals surface area contributed by atoms with E-state index in [0.29, 0.717) is 6.67 Å². The molecule has 0 saturated heterocycles. The molecule has 112 valence electrons. The van der Waals surface area contributed by atoms with Gasteiger partial charge in [-0.25, -0.2) is 4.99 Å². The van der Waals surface area contributed by atoms with E-state index in [9.17, 15) is 0 Å². The summed E-state index contributed by atoms with van der Waals surface area (Å²) in [4.78, 5) is 3.82. The summed E-state index contributed by atoms with van der Waals surface area (Å²) in [6, 6.07) is 0. The van der Waals surface area contributed by atoms with E-state index in [4.69, 9.17) is 0 Å². The predicted octanol–water partition coefficient (Wildman–Crippen LogP) is 10.7. The third-order valence-electron chi connectivity index (χ3n) is 0.578. The van der Waals surface area contributed by atoms with Crippen LogP contribution in [0.15, 0.2) is 15.2 Å². The molecule has 0 aromatic heterocycles. The largest absolute Gasteiger partial charge is 0.243 e. The molecule has 0 N–H and O–H groups in total. The lowest BCUT2D eigenvalue weighted by atomic mass is 10.7. The minimum absolute atomic E-state index is 0. The van der Waals surface area contributed by atoms with Gasteiger partial charge in [0.1, 0.15) is 5.84 Å². The van der Waals surface area contributed by atoms with Crippen LogP contribution in [0.5, 0.6) is 0 Å². The van der Waals surface area contributed by atoms with Crippen molar-refractivity contribution in [2.75, 3.05) is 6.67 Å². The minimum atomic E-state index is 0. The van der Waals surface area contributed by atoms with Gasteiger partial charge < -0.3 is 0 Å². The van der Waals surface area contributed by atoms with Crippen molar-refractivity contribution in [2.45, 2.75) is 6.92 Å². The van der Waals surface area contributed by atoms with Gasteiger partial charge in [-0.3, -0.25) is 0 Å². The first kappa shape index (κ1) is 3.46. The molecule has 0 spiro atoms. The van der Waals surface area contributed by atoms with Crippen LogP contribution < -0.4 is 0 Å². The van der Waals surface area contributed by atoms with E-state index in [2.05, 4.69) is 15.2 Å². The highest BCUT2D eigenvalue weighted by atomic mass is 15.2. The number of rotatable bonds is 0. The summed E-state index contributed by atoms with van der Waals surface area (Å²) in [7, 11) is 0. The summed E-state index contributed by atoms with van der Waals surface area (Å²) in [5.41, 5.74) is 0. The molecule has 1 aliphatic rings. The van der Waals surface area contributed by atoms with Gasteiger partial charge in [0.2, 0.25) is 0 Å². The summed E-state index contributed by atoms with van der Waals surface area (Å²) in [6.45, 7) is 2.36. The maximum Gasteiger partial charge on any atom is 0.152 e. The Morgan fingerprint density at radius 2 is 2.67 bits per heavy atom. The van der Waals surface area contributed by atoms with E-state index in [1.54, 1.807) is 0 Å². The average Bonchev–Trinajstić information content (AvgIpc) is 1.86. The monoisotopic (exact) mass is 164 g/mol. The van der Waals surface area contributed by atoms with Gasteiger partial charge in [0.05, 0.1) is 0 Å². The summed E-state index contributed by atoms with van der Waals surface area (Å²) >= 11 is 0. The molecule has 0 fully saturated rings. The number of aliphatic imine (C=N–C) groups is 1. The summed E-state index contributed by atoms with van der Waals surface area (Å²) in [5.74, 6) is 0.787. The molecule has 3 nitrogen and oxygen atoms in total. The van der Waals surface area contributed by atoms with E-state index >= 15 is 0 Å². The number of hydrogen-bond donors (Lipinski definition) is 0. The highest BCUT2D eigenvalue weighted by molar-refractivity contribution is 5.80. The van der Waals surface area contributed by atoms with Gasteiger partial charge >= 0.3 is 0 Å². The van der Waals surface area contributed by atoms with Crippen LogP contribution in [0.2, 0.25) is 0 Å². The Labute approximate surface area is 95.2 Å². The van der Waals surface area contributed by atoms with Crippen molar-refractivity contribution in [3.8, 4) is 0 Å². The van der Waals surface area contributed by atoms with Crippen LogP contribution in [0.1, 0.15) is 64.0 Å². The van der Waals surface area contributed by atoms with Crippen LogP contribution in [0.25, 0.3) is 0 Å². The highest BCUT2D eigenvalue weighted by Gasteiger charge is 1.88. The summed E-state index contributed by atoms with van der Waals surface area (Å²) < 4.78 is 0. The quantitative estimate of drug-likeness (QED) is 0.341. The van der Waals surface area contributed by atoms with Crippen LogP contribution in [0.3, 0.4) is 0 Å². The molecule has 0 aromatic rings. The minimum Gasteiger partial charge on any atom is -0.243 e. The van der Waals surface area contributed by atoms with Crippen molar-refractivity contribution >= 4 is 5.84 Å². The Morgan fingerprint density at radius 3 is 2.83 bits per heavy atom. The Kier molecular flexibility index (Phi) is 0.670. The van der Waals surface area contributed by atoms with E-state index in [0.717, 1.165) is 5.84 Å². The molecule has 3 heteroatoms. The van der Waals surface area contributed by atoms with Crippen molar-refractivity contribution in [1.29, 1.82) is 0 Å². The fourth-order valence-electron chi connectivity index (χ4n) is 0.300. The maximum absolute atomic E-state index is 3.82. The maximum atomic E-state index is 3.82. The standard InChI is InChI=1S/C3H5N3.40H2/c1-3-4-2-5-6-3;;;;;;;;;;;;;;;;;;;;;;;;;;;;;;;;;;;;;;;;/h2H2,1H3;40*1H. The Hall–Kier alpha value is -0.730. The van der Waals surface area contributed by atoms with Gasteiger partial charge in [0.25, 0.3) is 0 Å². The zero-order chi connectivity index (χ0) is 4.41. The van der Waals surface area contributed by atoms with E-state index in [1.165, 1.54) is 0 Å². The van der Waals surface area contributed by atoms with Gasteiger partial charge in [-0.15, -0.1) is 5.11 Å². The second kappa shape index (κ2) is 1.16. The fraction of sp³-hybridized carbons (Fsp3) is 0.667. The van der Waals surface area contributed by atoms with Gasteiger partial charge in [-0.05, 0) is 6.92 Å². The predicted molar refractivity (Wildman–Crippen MR) is 107 cm³/mol. The van der Waals surface area contributed by atoms with Gasteiger partial charge in [-0.2, -0.15) is 5.11 Å². The van der Waals surface area contributed by atoms with E-state index < -0.39 is 0 Å². The Bertz CT molecular complexity index is 126. The molecule has 0 bridgehead atoms. The van der Waals surface area contributed by atoms with Crippen molar-refractivity contribution in [3.63, 3.8) is 0 Å². The molecule has 0 saturated carbocycles. The molecule has 0 unspecified atom stereocenters. The first-order chi connectivity index (χ1) is 2.89. The molecule has 0 aliphatic carbocycles. The van der Waals surface area contributed by atoms with E-state index in [-0.39, 0.29) is 57.1 Å². The third-order valence-corrected chi connectivity index (χ3v) is 0.578. The Morgan fingerprint density at radius 1 is 1.83 bits per heavy atom. The molecule has 1 heterocycles. The summed E-state index contributed by atoms with van der Waals surface area (Å²) in [5, 5.41) is 7.20. The molecule has 1 rings (SSSR count). The molecule has 0 atom stereocenters. The zero-order valence-corrected chi connectivity index (χ0v) is 3.55.